The number of carbonyl (C=O) groups is 3. The minimum absolute atomic E-state index is 0.169. The molecule has 3 aliphatic heterocycles. The van der Waals surface area contributed by atoms with E-state index in [0.29, 0.717) is 37.2 Å². The summed E-state index contributed by atoms with van der Waals surface area (Å²) < 4.78 is 7.02. The number of rotatable bonds is 5. The van der Waals surface area contributed by atoms with Gasteiger partial charge in [-0.1, -0.05) is 27.2 Å². The Labute approximate surface area is 238 Å². The van der Waals surface area contributed by atoms with Crippen LogP contribution in [0.3, 0.4) is 0 Å². The van der Waals surface area contributed by atoms with E-state index in [1.165, 1.54) is 24.9 Å². The lowest BCUT2D eigenvalue weighted by atomic mass is 9.78. The maximum Gasteiger partial charge on any atom is 0.409 e. The molecule has 3 atom stereocenters. The van der Waals surface area contributed by atoms with E-state index in [1.807, 2.05) is 23.6 Å². The molecule has 1 aromatic carbocycles. The molecule has 0 radical (unpaired) electrons. The number of likely N-dealkylation sites (tertiary alicyclic amines) is 1. The standard InChI is InChI=1S/C28H39N5O4.C3H8/c1-4-37-28(36)32-12-9-19(10-13-32)15-20-11-14-33(17-18(20)2)21-5-6-22-24(16-21)31(3)30-26(22)23-7-8-25(34)29-27(23)35;1-3-2/h5-6,16,18-20,23H,4,7-15,17H2,1-3H3,(H,29,34,35);3H2,1-2H3/t18-,20+,23?;/m1./s1. The van der Waals surface area contributed by atoms with Crippen molar-refractivity contribution in [1.29, 1.82) is 0 Å². The third kappa shape index (κ3) is 6.78. The van der Waals surface area contributed by atoms with Crippen LogP contribution in [0.1, 0.15) is 84.3 Å². The summed E-state index contributed by atoms with van der Waals surface area (Å²) in [5.74, 6) is 1.15. The van der Waals surface area contributed by atoms with E-state index < -0.39 is 0 Å². The molecule has 3 saturated heterocycles. The number of benzene rings is 1. The summed E-state index contributed by atoms with van der Waals surface area (Å²) in [6.07, 6.45) is 6.48. The number of anilines is 1. The number of nitrogens with one attached hydrogen (secondary N) is 1. The van der Waals surface area contributed by atoms with Crippen molar-refractivity contribution in [2.24, 2.45) is 24.8 Å². The third-order valence-electron chi connectivity index (χ3n) is 8.66. The number of hydrogen-bond acceptors (Lipinski definition) is 6. The predicted octanol–water partition coefficient (Wildman–Crippen LogP) is 5.23. The molecule has 1 aromatic heterocycles. The summed E-state index contributed by atoms with van der Waals surface area (Å²) in [5.41, 5.74) is 2.97. The number of aromatic nitrogens is 2. The highest BCUT2D eigenvalue weighted by atomic mass is 16.6. The molecule has 9 nitrogen and oxygen atoms in total. The van der Waals surface area contributed by atoms with Gasteiger partial charge in [0.25, 0.3) is 0 Å². The average Bonchev–Trinajstić information content (AvgIpc) is 3.26. The number of ether oxygens (including phenoxy) is 1. The summed E-state index contributed by atoms with van der Waals surface area (Å²) in [6, 6.07) is 6.43. The molecule has 3 aliphatic rings. The van der Waals surface area contributed by atoms with Crippen LogP contribution in [0.4, 0.5) is 10.5 Å². The van der Waals surface area contributed by atoms with Crippen LogP contribution in [0.25, 0.3) is 10.9 Å². The van der Waals surface area contributed by atoms with Gasteiger partial charge in [0, 0.05) is 50.7 Å². The fourth-order valence-electron chi connectivity index (χ4n) is 6.46. The van der Waals surface area contributed by atoms with Crippen molar-refractivity contribution in [3.8, 4) is 0 Å². The Kier molecular flexibility index (Phi) is 10.1. The topological polar surface area (TPSA) is 96.8 Å². The van der Waals surface area contributed by atoms with E-state index in [-0.39, 0.29) is 23.8 Å². The van der Waals surface area contributed by atoms with Crippen molar-refractivity contribution in [1.82, 2.24) is 20.0 Å². The number of amides is 3. The highest BCUT2D eigenvalue weighted by molar-refractivity contribution is 6.02. The Morgan fingerprint density at radius 1 is 1.07 bits per heavy atom. The molecule has 220 valence electrons. The van der Waals surface area contributed by atoms with E-state index in [4.69, 9.17) is 4.74 Å². The number of hydrogen-bond donors (Lipinski definition) is 1. The monoisotopic (exact) mass is 553 g/mol. The SMILES string of the molecule is CCC.CCOC(=O)N1CCC(C[C@@H]2CCN(c3ccc4c(C5CCC(=O)NC5=O)nn(C)c4c3)C[C@H]2C)CC1. The van der Waals surface area contributed by atoms with Gasteiger partial charge in [-0.2, -0.15) is 5.10 Å². The largest absolute Gasteiger partial charge is 0.450 e. The quantitative estimate of drug-likeness (QED) is 0.510. The Bertz CT molecular complexity index is 1190. The maximum absolute atomic E-state index is 12.4. The summed E-state index contributed by atoms with van der Waals surface area (Å²) >= 11 is 0. The minimum Gasteiger partial charge on any atom is -0.450 e. The number of carbonyl (C=O) groups excluding carboxylic acids is 3. The van der Waals surface area contributed by atoms with Gasteiger partial charge in [0.05, 0.1) is 23.7 Å². The molecule has 0 bridgehead atoms. The van der Waals surface area contributed by atoms with Gasteiger partial charge in [0.2, 0.25) is 11.8 Å². The zero-order chi connectivity index (χ0) is 28.8. The molecule has 1 unspecified atom stereocenters. The molecule has 3 fully saturated rings. The third-order valence-corrected chi connectivity index (χ3v) is 8.66. The van der Waals surface area contributed by atoms with Gasteiger partial charge in [-0.15, -0.1) is 0 Å². The fraction of sp³-hybridized carbons (Fsp3) is 0.677. The zero-order valence-electron chi connectivity index (χ0n) is 24.9. The highest BCUT2D eigenvalue weighted by Crippen LogP contribution is 2.37. The first-order chi connectivity index (χ1) is 19.2. The van der Waals surface area contributed by atoms with Crippen LogP contribution in [0, 0.1) is 17.8 Å². The first-order valence-corrected chi connectivity index (χ1v) is 15.2. The molecule has 0 aliphatic carbocycles. The molecule has 3 amide bonds. The fourth-order valence-corrected chi connectivity index (χ4v) is 6.46. The number of aryl methyl sites for hydroxylation is 1. The van der Waals surface area contributed by atoms with Crippen molar-refractivity contribution in [3.63, 3.8) is 0 Å². The lowest BCUT2D eigenvalue weighted by Crippen LogP contribution is -2.42. The van der Waals surface area contributed by atoms with Crippen molar-refractivity contribution in [2.75, 3.05) is 37.7 Å². The molecule has 9 heteroatoms. The first kappa shape index (κ1) is 29.9. The van der Waals surface area contributed by atoms with E-state index in [9.17, 15) is 14.4 Å². The van der Waals surface area contributed by atoms with Crippen molar-refractivity contribution in [2.45, 2.75) is 78.6 Å². The Morgan fingerprint density at radius 3 is 2.45 bits per heavy atom. The normalized spacial score (nSPS) is 24.0. The minimum atomic E-state index is -0.382. The molecule has 4 heterocycles. The number of fused-ring (bicyclic) bond motifs is 1. The summed E-state index contributed by atoms with van der Waals surface area (Å²) in [7, 11) is 1.92. The van der Waals surface area contributed by atoms with Crippen molar-refractivity contribution >= 4 is 34.5 Å². The second kappa shape index (κ2) is 13.5. The van der Waals surface area contributed by atoms with Gasteiger partial charge in [0.1, 0.15) is 0 Å². The van der Waals surface area contributed by atoms with Gasteiger partial charge in [-0.05, 0) is 75.0 Å². The van der Waals surface area contributed by atoms with Crippen LogP contribution in [-0.4, -0.2) is 65.4 Å². The highest BCUT2D eigenvalue weighted by Gasteiger charge is 2.33. The van der Waals surface area contributed by atoms with E-state index >= 15 is 0 Å². The molecular weight excluding hydrogens is 506 g/mol. The van der Waals surface area contributed by atoms with E-state index in [2.05, 4.69) is 54.3 Å². The summed E-state index contributed by atoms with van der Waals surface area (Å²) in [5, 5.41) is 8.13. The first-order valence-electron chi connectivity index (χ1n) is 15.2. The molecule has 5 rings (SSSR count). The van der Waals surface area contributed by atoms with E-state index in [1.54, 1.807) is 0 Å². The van der Waals surface area contributed by atoms with Gasteiger partial charge in [-0.3, -0.25) is 19.6 Å². The van der Waals surface area contributed by atoms with Crippen LogP contribution >= 0.6 is 0 Å². The van der Waals surface area contributed by atoms with E-state index in [0.717, 1.165) is 55.6 Å². The summed E-state index contributed by atoms with van der Waals surface area (Å²) in [4.78, 5) is 40.3. The molecule has 40 heavy (non-hydrogen) atoms. The van der Waals surface area contributed by atoms with Crippen LogP contribution in [-0.2, 0) is 21.4 Å². The van der Waals surface area contributed by atoms with Crippen molar-refractivity contribution in [3.05, 3.63) is 23.9 Å². The van der Waals surface area contributed by atoms with Crippen LogP contribution in [0.5, 0.6) is 0 Å². The second-order valence-electron chi connectivity index (χ2n) is 11.8. The molecular formula is C31H47N5O4. The predicted molar refractivity (Wildman–Crippen MR) is 157 cm³/mol. The molecule has 0 saturated carbocycles. The van der Waals surface area contributed by atoms with Crippen LogP contribution < -0.4 is 10.2 Å². The summed E-state index contributed by atoms with van der Waals surface area (Å²) in [6.45, 7) is 12.6. The van der Waals surface area contributed by atoms with Gasteiger partial charge in [-0.25, -0.2) is 4.79 Å². The average molecular weight is 554 g/mol. The number of nitrogens with zero attached hydrogens (tertiary/aromatic N) is 4. The Morgan fingerprint density at radius 2 is 1.80 bits per heavy atom. The Hall–Kier alpha value is -3.10. The zero-order valence-corrected chi connectivity index (χ0v) is 24.9. The van der Waals surface area contributed by atoms with Crippen LogP contribution in [0.15, 0.2) is 18.2 Å². The molecule has 0 spiro atoms. The molecule has 2 aromatic rings. The Balaban J connectivity index is 0.00000118. The number of piperidine rings is 3. The lowest BCUT2D eigenvalue weighted by Gasteiger charge is -2.41. The van der Waals surface area contributed by atoms with Crippen molar-refractivity contribution < 1.29 is 19.1 Å². The number of imide groups is 1. The molecule has 1 N–H and O–H groups in total. The van der Waals surface area contributed by atoms with Gasteiger partial charge < -0.3 is 14.5 Å². The second-order valence-corrected chi connectivity index (χ2v) is 11.8. The van der Waals surface area contributed by atoms with Crippen LogP contribution in [0.2, 0.25) is 0 Å². The smallest absolute Gasteiger partial charge is 0.409 e. The lowest BCUT2D eigenvalue weighted by molar-refractivity contribution is -0.134. The maximum atomic E-state index is 12.4. The van der Waals surface area contributed by atoms with Gasteiger partial charge >= 0.3 is 6.09 Å². The van der Waals surface area contributed by atoms with Gasteiger partial charge in [0.15, 0.2) is 0 Å².